The van der Waals surface area contributed by atoms with Crippen LogP contribution in [0.15, 0.2) is 18.2 Å². The number of rotatable bonds is 8. The lowest BCUT2D eigenvalue weighted by Gasteiger charge is -2.26. The number of anilines is 1. The second-order valence-electron chi connectivity index (χ2n) is 6.33. The van der Waals surface area contributed by atoms with Gasteiger partial charge in [0, 0.05) is 39.5 Å². The number of benzene rings is 1. The van der Waals surface area contributed by atoms with Crippen LogP contribution < -0.4 is 10.2 Å². The fraction of sp³-hybridized carbons (Fsp3) is 0.667. The zero-order valence-corrected chi connectivity index (χ0v) is 13.8. The van der Waals surface area contributed by atoms with Crippen molar-refractivity contribution in [1.29, 1.82) is 0 Å². The van der Waals surface area contributed by atoms with Gasteiger partial charge in [-0.15, -0.1) is 0 Å². The molecule has 1 saturated carbocycles. The first-order valence-corrected chi connectivity index (χ1v) is 8.21. The second-order valence-corrected chi connectivity index (χ2v) is 6.33. The molecule has 1 aliphatic rings. The lowest BCUT2D eigenvalue weighted by atomic mass is 10.0. The van der Waals surface area contributed by atoms with E-state index in [9.17, 15) is 0 Å². The van der Waals surface area contributed by atoms with Crippen molar-refractivity contribution in [2.24, 2.45) is 5.92 Å². The third-order valence-electron chi connectivity index (χ3n) is 4.45. The van der Waals surface area contributed by atoms with Gasteiger partial charge in [-0.2, -0.15) is 0 Å². The van der Waals surface area contributed by atoms with Gasteiger partial charge in [-0.25, -0.2) is 0 Å². The number of aryl methyl sites for hydroxylation is 1. The summed E-state index contributed by atoms with van der Waals surface area (Å²) >= 11 is 0. The third-order valence-corrected chi connectivity index (χ3v) is 4.45. The molecule has 1 aromatic rings. The minimum Gasteiger partial charge on any atom is -0.383 e. The molecule has 2 rings (SSSR count). The molecule has 0 aromatic heterocycles. The first-order chi connectivity index (χ1) is 10.2. The highest BCUT2D eigenvalue weighted by molar-refractivity contribution is 5.54. The summed E-state index contributed by atoms with van der Waals surface area (Å²) in [6.07, 6.45) is 5.63. The largest absolute Gasteiger partial charge is 0.383 e. The normalized spacial score (nSPS) is 15.6. The zero-order valence-electron chi connectivity index (χ0n) is 13.8. The Morgan fingerprint density at radius 3 is 2.76 bits per heavy atom. The van der Waals surface area contributed by atoms with E-state index in [0.29, 0.717) is 0 Å². The fourth-order valence-electron chi connectivity index (χ4n) is 3.30. The smallest absolute Gasteiger partial charge is 0.0587 e. The molecule has 1 aromatic carbocycles. The van der Waals surface area contributed by atoms with Crippen molar-refractivity contribution in [1.82, 2.24) is 5.32 Å². The minimum absolute atomic E-state index is 0.763. The van der Waals surface area contributed by atoms with Crippen LogP contribution >= 0.6 is 0 Å². The molecule has 0 unspecified atom stereocenters. The molecule has 0 spiro atoms. The summed E-state index contributed by atoms with van der Waals surface area (Å²) in [5.74, 6) is 0.880. The SMILES string of the molecule is COCCNCc1cc(C)ccc1N(C)CC1CCCC1. The molecule has 0 bridgehead atoms. The van der Waals surface area contributed by atoms with Gasteiger partial charge in [0.15, 0.2) is 0 Å². The fourth-order valence-corrected chi connectivity index (χ4v) is 3.30. The van der Waals surface area contributed by atoms with Gasteiger partial charge in [-0.3, -0.25) is 0 Å². The number of ether oxygens (including phenoxy) is 1. The molecule has 1 aliphatic carbocycles. The summed E-state index contributed by atoms with van der Waals surface area (Å²) in [6, 6.07) is 6.80. The number of nitrogens with zero attached hydrogens (tertiary/aromatic N) is 1. The quantitative estimate of drug-likeness (QED) is 0.743. The van der Waals surface area contributed by atoms with Crippen LogP contribution in [0.25, 0.3) is 0 Å². The molecule has 1 fully saturated rings. The van der Waals surface area contributed by atoms with Crippen molar-refractivity contribution in [3.63, 3.8) is 0 Å². The molecule has 0 amide bonds. The number of methoxy groups -OCH3 is 1. The van der Waals surface area contributed by atoms with E-state index in [1.165, 1.54) is 49.0 Å². The van der Waals surface area contributed by atoms with Gasteiger partial charge in [0.2, 0.25) is 0 Å². The number of hydrogen-bond donors (Lipinski definition) is 1. The number of hydrogen-bond acceptors (Lipinski definition) is 3. The van der Waals surface area contributed by atoms with Crippen LogP contribution in [0.3, 0.4) is 0 Å². The summed E-state index contributed by atoms with van der Waals surface area (Å²) in [4.78, 5) is 2.45. The van der Waals surface area contributed by atoms with Crippen molar-refractivity contribution < 1.29 is 4.74 Å². The molecule has 3 heteroatoms. The highest BCUT2D eigenvalue weighted by Crippen LogP contribution is 2.28. The van der Waals surface area contributed by atoms with Gasteiger partial charge in [0.1, 0.15) is 0 Å². The summed E-state index contributed by atoms with van der Waals surface area (Å²) in [5, 5.41) is 3.47. The Morgan fingerprint density at radius 1 is 1.29 bits per heavy atom. The van der Waals surface area contributed by atoms with E-state index in [4.69, 9.17) is 4.74 Å². The van der Waals surface area contributed by atoms with E-state index in [1.807, 2.05) is 0 Å². The van der Waals surface area contributed by atoms with E-state index in [1.54, 1.807) is 7.11 Å². The maximum atomic E-state index is 5.10. The Balaban J connectivity index is 1.98. The molecule has 0 atom stereocenters. The molecule has 118 valence electrons. The maximum Gasteiger partial charge on any atom is 0.0587 e. The van der Waals surface area contributed by atoms with Crippen LogP contribution in [0, 0.1) is 12.8 Å². The van der Waals surface area contributed by atoms with Crippen molar-refractivity contribution in [2.75, 3.05) is 38.8 Å². The first kappa shape index (κ1) is 16.3. The van der Waals surface area contributed by atoms with Crippen molar-refractivity contribution >= 4 is 5.69 Å². The van der Waals surface area contributed by atoms with Gasteiger partial charge < -0.3 is 15.0 Å². The van der Waals surface area contributed by atoms with E-state index in [0.717, 1.165) is 25.6 Å². The lowest BCUT2D eigenvalue weighted by molar-refractivity contribution is 0.199. The molecule has 1 N–H and O–H groups in total. The van der Waals surface area contributed by atoms with Crippen LogP contribution in [-0.4, -0.2) is 33.9 Å². The zero-order chi connectivity index (χ0) is 15.1. The standard InChI is InChI=1S/C18H30N2O/c1-15-8-9-18(17(12-15)13-19-10-11-21-3)20(2)14-16-6-4-5-7-16/h8-9,12,16,19H,4-7,10-11,13-14H2,1-3H3. The Morgan fingerprint density at radius 2 is 2.05 bits per heavy atom. The monoisotopic (exact) mass is 290 g/mol. The highest BCUT2D eigenvalue weighted by atomic mass is 16.5. The van der Waals surface area contributed by atoms with Crippen LogP contribution in [0.4, 0.5) is 5.69 Å². The summed E-state index contributed by atoms with van der Waals surface area (Å²) in [7, 11) is 3.98. The van der Waals surface area contributed by atoms with Crippen molar-refractivity contribution in [2.45, 2.75) is 39.2 Å². The van der Waals surface area contributed by atoms with Crippen LogP contribution in [-0.2, 0) is 11.3 Å². The Kier molecular flexibility index (Phi) is 6.52. The highest BCUT2D eigenvalue weighted by Gasteiger charge is 2.18. The molecule has 0 aliphatic heterocycles. The van der Waals surface area contributed by atoms with E-state index >= 15 is 0 Å². The maximum absolute atomic E-state index is 5.10. The molecule has 0 radical (unpaired) electrons. The number of nitrogens with one attached hydrogen (secondary N) is 1. The predicted molar refractivity (Wildman–Crippen MR) is 90.0 cm³/mol. The van der Waals surface area contributed by atoms with E-state index in [-0.39, 0.29) is 0 Å². The lowest BCUT2D eigenvalue weighted by Crippen LogP contribution is -2.26. The molecule has 0 heterocycles. The van der Waals surface area contributed by atoms with Crippen LogP contribution in [0.1, 0.15) is 36.8 Å². The van der Waals surface area contributed by atoms with E-state index in [2.05, 4.69) is 42.4 Å². The average molecular weight is 290 g/mol. The molecule has 21 heavy (non-hydrogen) atoms. The predicted octanol–water partition coefficient (Wildman–Crippen LogP) is 3.36. The summed E-state index contributed by atoms with van der Waals surface area (Å²) in [5.41, 5.74) is 4.10. The average Bonchev–Trinajstić information content (AvgIpc) is 2.96. The van der Waals surface area contributed by atoms with Gasteiger partial charge >= 0.3 is 0 Å². The minimum atomic E-state index is 0.763. The summed E-state index contributed by atoms with van der Waals surface area (Å²) in [6.45, 7) is 5.93. The van der Waals surface area contributed by atoms with Crippen molar-refractivity contribution in [3.05, 3.63) is 29.3 Å². The van der Waals surface area contributed by atoms with Crippen molar-refractivity contribution in [3.8, 4) is 0 Å². The second kappa shape index (κ2) is 8.40. The Hall–Kier alpha value is -1.06. The van der Waals surface area contributed by atoms with Crippen LogP contribution in [0.2, 0.25) is 0 Å². The first-order valence-electron chi connectivity index (χ1n) is 8.21. The Bertz CT molecular complexity index is 427. The third kappa shape index (κ3) is 5.01. The topological polar surface area (TPSA) is 24.5 Å². The van der Waals surface area contributed by atoms with Gasteiger partial charge in [0.25, 0.3) is 0 Å². The Labute approximate surface area is 129 Å². The summed E-state index contributed by atoms with van der Waals surface area (Å²) < 4.78 is 5.10. The van der Waals surface area contributed by atoms with E-state index < -0.39 is 0 Å². The van der Waals surface area contributed by atoms with Gasteiger partial charge in [-0.1, -0.05) is 30.5 Å². The van der Waals surface area contributed by atoms with Gasteiger partial charge in [-0.05, 0) is 37.3 Å². The molecule has 0 saturated heterocycles. The molecular weight excluding hydrogens is 260 g/mol. The molecular formula is C18H30N2O. The van der Waals surface area contributed by atoms with Crippen LogP contribution in [0.5, 0.6) is 0 Å². The molecule has 3 nitrogen and oxygen atoms in total. The van der Waals surface area contributed by atoms with Gasteiger partial charge in [0.05, 0.1) is 6.61 Å².